The molecule has 0 bridgehead atoms. The average molecular weight is 298 g/mol. The molecule has 0 spiro atoms. The van der Waals surface area contributed by atoms with E-state index in [4.69, 9.17) is 4.74 Å². The van der Waals surface area contributed by atoms with E-state index in [2.05, 4.69) is 5.32 Å². The summed E-state index contributed by atoms with van der Waals surface area (Å²) < 4.78 is 32.2. The summed E-state index contributed by atoms with van der Waals surface area (Å²) >= 11 is 0. The van der Waals surface area contributed by atoms with E-state index in [-0.39, 0.29) is 6.04 Å². The molecule has 5 nitrogen and oxygen atoms in total. The van der Waals surface area contributed by atoms with Crippen LogP contribution in [0.1, 0.15) is 17.5 Å². The first-order valence-electron chi connectivity index (χ1n) is 6.77. The second-order valence-corrected chi connectivity index (χ2v) is 7.08. The molecule has 1 aromatic carbocycles. The second kappa shape index (κ2) is 6.22. The maximum Gasteiger partial charge on any atom is 0.243 e. The summed E-state index contributed by atoms with van der Waals surface area (Å²) in [5, 5.41) is 3.06. The molecule has 1 atom stereocenters. The maximum absolute atomic E-state index is 12.7. The minimum absolute atomic E-state index is 0.0626. The smallest absolute Gasteiger partial charge is 0.243 e. The average Bonchev–Trinajstić information content (AvgIpc) is 2.94. The molecule has 1 aromatic rings. The van der Waals surface area contributed by atoms with E-state index in [1.54, 1.807) is 19.2 Å². The largest absolute Gasteiger partial charge is 0.380 e. The molecule has 0 amide bonds. The van der Waals surface area contributed by atoms with E-state index >= 15 is 0 Å². The Morgan fingerprint density at radius 3 is 2.80 bits per heavy atom. The van der Waals surface area contributed by atoms with E-state index < -0.39 is 10.0 Å². The SMILES string of the molecule is CNCc1cccc(S(=O)(=O)N(C)C2CCOC2)c1C. The van der Waals surface area contributed by atoms with Gasteiger partial charge in [0.05, 0.1) is 17.5 Å². The first-order valence-corrected chi connectivity index (χ1v) is 8.21. The Morgan fingerprint density at radius 2 is 2.20 bits per heavy atom. The molecule has 112 valence electrons. The normalized spacial score (nSPS) is 19.7. The van der Waals surface area contributed by atoms with Gasteiger partial charge in [0.15, 0.2) is 0 Å². The van der Waals surface area contributed by atoms with Crippen molar-refractivity contribution in [2.45, 2.75) is 30.8 Å². The summed E-state index contributed by atoms with van der Waals surface area (Å²) in [4.78, 5) is 0.389. The van der Waals surface area contributed by atoms with Gasteiger partial charge in [-0.25, -0.2) is 8.42 Å². The van der Waals surface area contributed by atoms with E-state index in [1.165, 1.54) is 4.31 Å². The van der Waals surface area contributed by atoms with Crippen molar-refractivity contribution in [1.82, 2.24) is 9.62 Å². The zero-order valence-corrected chi connectivity index (χ0v) is 13.0. The van der Waals surface area contributed by atoms with Gasteiger partial charge in [0, 0.05) is 20.2 Å². The Labute approximate surface area is 121 Å². The molecule has 6 heteroatoms. The summed E-state index contributed by atoms with van der Waals surface area (Å²) in [6.07, 6.45) is 0.755. The highest BCUT2D eigenvalue weighted by molar-refractivity contribution is 7.89. The third-order valence-electron chi connectivity index (χ3n) is 3.84. The van der Waals surface area contributed by atoms with Gasteiger partial charge in [-0.2, -0.15) is 4.31 Å². The van der Waals surface area contributed by atoms with Gasteiger partial charge in [0.2, 0.25) is 10.0 Å². The Morgan fingerprint density at radius 1 is 1.45 bits per heavy atom. The van der Waals surface area contributed by atoms with Crippen molar-refractivity contribution in [1.29, 1.82) is 0 Å². The predicted octanol–water partition coefficient (Wildman–Crippen LogP) is 1.12. The molecule has 0 aromatic heterocycles. The standard InChI is InChI=1S/C14H22N2O3S/c1-11-12(9-15-2)5-4-6-14(11)20(17,18)16(3)13-7-8-19-10-13/h4-6,13,15H,7-10H2,1-3H3. The van der Waals surface area contributed by atoms with Crippen molar-refractivity contribution >= 4 is 10.0 Å². The van der Waals surface area contributed by atoms with Gasteiger partial charge in [0.1, 0.15) is 0 Å². The van der Waals surface area contributed by atoms with Crippen LogP contribution in [0.4, 0.5) is 0 Å². The Balaban J connectivity index is 2.36. The number of sulfonamides is 1. The number of ether oxygens (including phenoxy) is 1. The maximum atomic E-state index is 12.7. The van der Waals surface area contributed by atoms with Crippen LogP contribution in [-0.2, 0) is 21.3 Å². The highest BCUT2D eigenvalue weighted by Gasteiger charge is 2.31. The van der Waals surface area contributed by atoms with Gasteiger partial charge in [-0.15, -0.1) is 0 Å². The molecule has 1 unspecified atom stereocenters. The van der Waals surface area contributed by atoms with Gasteiger partial charge in [0.25, 0.3) is 0 Å². The third-order valence-corrected chi connectivity index (χ3v) is 5.89. The summed E-state index contributed by atoms with van der Waals surface area (Å²) in [6, 6.07) is 5.36. The number of rotatable bonds is 5. The van der Waals surface area contributed by atoms with Gasteiger partial charge in [-0.1, -0.05) is 12.1 Å². The highest BCUT2D eigenvalue weighted by Crippen LogP contribution is 2.25. The van der Waals surface area contributed by atoms with Crippen LogP contribution in [0, 0.1) is 6.92 Å². The lowest BCUT2D eigenvalue weighted by atomic mass is 10.1. The molecule has 20 heavy (non-hydrogen) atoms. The molecular formula is C14H22N2O3S. The van der Waals surface area contributed by atoms with Crippen molar-refractivity contribution in [3.05, 3.63) is 29.3 Å². The lowest BCUT2D eigenvalue weighted by molar-refractivity contribution is 0.181. The van der Waals surface area contributed by atoms with Gasteiger partial charge in [-0.3, -0.25) is 0 Å². The number of hydrogen-bond donors (Lipinski definition) is 1. The number of hydrogen-bond acceptors (Lipinski definition) is 4. The Hall–Kier alpha value is -0.950. The Kier molecular flexibility index (Phi) is 4.80. The van der Waals surface area contributed by atoms with Crippen molar-refractivity contribution in [3.63, 3.8) is 0 Å². The molecule has 0 aliphatic carbocycles. The van der Waals surface area contributed by atoms with Crippen molar-refractivity contribution in [2.24, 2.45) is 0 Å². The third kappa shape index (κ3) is 2.88. The van der Waals surface area contributed by atoms with Crippen LogP contribution in [0.15, 0.2) is 23.1 Å². The monoisotopic (exact) mass is 298 g/mol. The van der Waals surface area contributed by atoms with Gasteiger partial charge in [-0.05, 0) is 37.6 Å². The van der Waals surface area contributed by atoms with Crippen LogP contribution in [-0.4, -0.2) is 46.1 Å². The minimum Gasteiger partial charge on any atom is -0.380 e. The van der Waals surface area contributed by atoms with Gasteiger partial charge >= 0.3 is 0 Å². The fraction of sp³-hybridized carbons (Fsp3) is 0.571. The fourth-order valence-electron chi connectivity index (χ4n) is 2.48. The summed E-state index contributed by atoms with van der Waals surface area (Å²) in [5.74, 6) is 0. The molecule has 1 aliphatic heterocycles. The molecular weight excluding hydrogens is 276 g/mol. The topological polar surface area (TPSA) is 58.6 Å². The van der Waals surface area contributed by atoms with Crippen LogP contribution in [0.3, 0.4) is 0 Å². The second-order valence-electron chi connectivity index (χ2n) is 5.11. The molecule has 2 rings (SSSR count). The number of nitrogens with one attached hydrogen (secondary N) is 1. The van der Waals surface area contributed by atoms with Crippen molar-refractivity contribution in [2.75, 3.05) is 27.3 Å². The van der Waals surface area contributed by atoms with Crippen LogP contribution in [0.5, 0.6) is 0 Å². The molecule has 0 saturated carbocycles. The molecule has 1 heterocycles. The lowest BCUT2D eigenvalue weighted by Crippen LogP contribution is -2.37. The zero-order valence-electron chi connectivity index (χ0n) is 12.2. The molecule has 0 radical (unpaired) electrons. The van der Waals surface area contributed by atoms with Crippen molar-refractivity contribution in [3.8, 4) is 0 Å². The zero-order chi connectivity index (χ0) is 14.8. The van der Waals surface area contributed by atoms with Crippen LogP contribution < -0.4 is 5.32 Å². The van der Waals surface area contributed by atoms with E-state index in [9.17, 15) is 8.42 Å². The fourth-order valence-corrected chi connectivity index (χ4v) is 4.12. The van der Waals surface area contributed by atoms with E-state index in [1.807, 2.05) is 20.0 Å². The molecule has 1 aliphatic rings. The van der Waals surface area contributed by atoms with E-state index in [0.29, 0.717) is 24.7 Å². The van der Waals surface area contributed by atoms with E-state index in [0.717, 1.165) is 17.5 Å². The predicted molar refractivity (Wildman–Crippen MR) is 78.1 cm³/mol. The first-order chi connectivity index (χ1) is 9.48. The lowest BCUT2D eigenvalue weighted by Gasteiger charge is -2.24. The highest BCUT2D eigenvalue weighted by atomic mass is 32.2. The number of benzene rings is 1. The summed E-state index contributed by atoms with van der Waals surface area (Å²) in [6.45, 7) is 3.62. The number of nitrogens with zero attached hydrogens (tertiary/aromatic N) is 1. The summed E-state index contributed by atoms with van der Waals surface area (Å²) in [5.41, 5.74) is 1.82. The molecule has 1 fully saturated rings. The first kappa shape index (κ1) is 15.4. The Bertz CT molecular complexity index is 566. The van der Waals surface area contributed by atoms with Gasteiger partial charge < -0.3 is 10.1 Å². The minimum atomic E-state index is -3.47. The molecule has 1 saturated heterocycles. The quantitative estimate of drug-likeness (QED) is 0.885. The van der Waals surface area contributed by atoms with Crippen molar-refractivity contribution < 1.29 is 13.2 Å². The van der Waals surface area contributed by atoms with Crippen LogP contribution >= 0.6 is 0 Å². The van der Waals surface area contributed by atoms with Crippen LogP contribution in [0.2, 0.25) is 0 Å². The van der Waals surface area contributed by atoms with Crippen LogP contribution in [0.25, 0.3) is 0 Å². The number of likely N-dealkylation sites (N-methyl/N-ethyl adjacent to an activating group) is 1. The molecule has 1 N–H and O–H groups in total. The summed E-state index contributed by atoms with van der Waals surface area (Å²) in [7, 11) is 0.0192.